The van der Waals surface area contributed by atoms with Gasteiger partial charge in [-0.25, -0.2) is 0 Å². The SMILES string of the molecule is CC/C=C\C/C=C\C/C=C\C/C=C\CCCCCCCCCCCCCCCCC(=O)NC(COC1OC(CO)C(OC2OC(CO)C(OC3OC(CO)C(O)C(O)C3O)C(O)C2O)C(O)C1O)C(O)/C=C/CC/C=C/CC/C=C/CCCCCCCCCCCCCCCCCCC. The molecule has 0 saturated carbocycles. The lowest BCUT2D eigenvalue weighted by atomic mass is 9.96. The quantitative estimate of drug-likeness (QED) is 0.0199. The molecular formula is C80H141NO18. The van der Waals surface area contributed by atoms with Gasteiger partial charge in [0.1, 0.15) is 73.2 Å². The first-order chi connectivity index (χ1) is 48.3. The Bertz CT molecular complexity index is 2120. The summed E-state index contributed by atoms with van der Waals surface area (Å²) in [6.45, 7) is 1.62. The second kappa shape index (κ2) is 60.3. The van der Waals surface area contributed by atoms with E-state index in [1.807, 2.05) is 6.08 Å². The highest BCUT2D eigenvalue weighted by Gasteiger charge is 2.53. The lowest BCUT2D eigenvalue weighted by molar-refractivity contribution is -0.379. The smallest absolute Gasteiger partial charge is 0.220 e. The summed E-state index contributed by atoms with van der Waals surface area (Å²) in [5.74, 6) is -0.291. The van der Waals surface area contributed by atoms with Crippen molar-refractivity contribution in [2.75, 3.05) is 26.4 Å². The van der Waals surface area contributed by atoms with Crippen LogP contribution in [0.4, 0.5) is 0 Å². The van der Waals surface area contributed by atoms with E-state index in [-0.39, 0.29) is 18.9 Å². The van der Waals surface area contributed by atoms with E-state index in [0.29, 0.717) is 12.8 Å². The number of carbonyl (C=O) groups excluding carboxylic acids is 1. The zero-order chi connectivity index (χ0) is 71.8. The summed E-state index contributed by atoms with van der Waals surface area (Å²) in [6, 6.07) is -1.00. The lowest BCUT2D eigenvalue weighted by Gasteiger charge is -2.48. The summed E-state index contributed by atoms with van der Waals surface area (Å²) in [5, 5.41) is 121. The minimum Gasteiger partial charge on any atom is -0.394 e. The summed E-state index contributed by atoms with van der Waals surface area (Å²) in [4.78, 5) is 13.5. The van der Waals surface area contributed by atoms with Crippen molar-refractivity contribution in [1.82, 2.24) is 5.32 Å². The molecule has 3 heterocycles. The standard InChI is InChI=1S/C80H141NO18/c1-3-5-7-9-11-13-15-17-19-21-23-25-27-29-31-33-35-37-39-41-43-45-47-49-51-53-55-57-64(85)63(81-68(86)58-56-54-52-50-48-46-44-42-40-38-36-34-32-30-28-26-24-22-20-18-16-14-12-10-8-6-4-2)62-94-78-74(92)71(89)76(66(60-83)96-78)99-80-75(93)72(90)77(67(61-84)97-80)98-79-73(91)70(88)69(87)65(59-82)95-79/h6,8,12,14,18,20,24,26,39,41,47,49,55,57,63-67,69-80,82-85,87-93H,3-5,7,9-11,13,15-17,19,21-23,25,27-38,40,42-46,48,50-54,56,58-62H2,1-2H3,(H,81,86)/b8-6-,14-12-,20-18-,26-24-,41-39+,49-47+,57-55+. The van der Waals surface area contributed by atoms with Crippen LogP contribution in [-0.4, -0.2) is 193 Å². The maximum absolute atomic E-state index is 13.5. The highest BCUT2D eigenvalue weighted by molar-refractivity contribution is 5.76. The summed E-state index contributed by atoms with van der Waals surface area (Å²) in [6.07, 6.45) is 52.8. The van der Waals surface area contributed by atoms with Gasteiger partial charge in [0.25, 0.3) is 0 Å². The van der Waals surface area contributed by atoms with Crippen LogP contribution in [0, 0.1) is 0 Å². The number of aliphatic hydroxyl groups excluding tert-OH is 11. The van der Waals surface area contributed by atoms with Crippen molar-refractivity contribution in [3.8, 4) is 0 Å². The number of nitrogens with one attached hydrogen (secondary N) is 1. The summed E-state index contributed by atoms with van der Waals surface area (Å²) in [7, 11) is 0. The number of unbranched alkanes of at least 4 members (excludes halogenated alkanes) is 33. The van der Waals surface area contributed by atoms with Gasteiger partial charge in [-0.1, -0.05) is 279 Å². The fraction of sp³-hybridized carbons (Fsp3) is 0.812. The molecule has 1 amide bonds. The first-order valence-corrected chi connectivity index (χ1v) is 39.3. The summed E-state index contributed by atoms with van der Waals surface area (Å²) >= 11 is 0. The third-order valence-electron chi connectivity index (χ3n) is 19.2. The first kappa shape index (κ1) is 90.2. The number of allylic oxidation sites excluding steroid dienone is 13. The van der Waals surface area contributed by atoms with E-state index in [2.05, 4.69) is 92.1 Å². The molecule has 3 rings (SSSR count). The van der Waals surface area contributed by atoms with E-state index < -0.39 is 124 Å². The second-order valence-corrected chi connectivity index (χ2v) is 27.8. The molecule has 0 radical (unpaired) electrons. The third kappa shape index (κ3) is 40.7. The molecule has 0 aromatic heterocycles. The fourth-order valence-corrected chi connectivity index (χ4v) is 12.9. The topological polar surface area (TPSA) is 307 Å². The van der Waals surface area contributed by atoms with Crippen LogP contribution < -0.4 is 5.32 Å². The second-order valence-electron chi connectivity index (χ2n) is 27.8. The molecule has 0 aromatic rings. The van der Waals surface area contributed by atoms with Gasteiger partial charge in [-0.2, -0.15) is 0 Å². The molecule has 12 N–H and O–H groups in total. The average Bonchev–Trinajstić information content (AvgIpc) is 0.784. The highest BCUT2D eigenvalue weighted by Crippen LogP contribution is 2.33. The molecule has 17 unspecified atom stereocenters. The summed E-state index contributed by atoms with van der Waals surface area (Å²) in [5.41, 5.74) is 0. The maximum Gasteiger partial charge on any atom is 0.220 e. The van der Waals surface area contributed by atoms with Crippen LogP contribution in [0.15, 0.2) is 85.1 Å². The number of hydrogen-bond acceptors (Lipinski definition) is 18. The van der Waals surface area contributed by atoms with E-state index in [0.717, 1.165) is 77.0 Å². The zero-order valence-corrected chi connectivity index (χ0v) is 61.2. The Morgan fingerprint density at radius 1 is 0.374 bits per heavy atom. The predicted octanol–water partition coefficient (Wildman–Crippen LogP) is 12.6. The number of rotatable bonds is 61. The van der Waals surface area contributed by atoms with Crippen molar-refractivity contribution in [1.29, 1.82) is 0 Å². The lowest BCUT2D eigenvalue weighted by Crippen LogP contribution is -2.66. The molecule has 19 heteroatoms. The molecule has 0 bridgehead atoms. The molecular weight excluding hydrogens is 1260 g/mol. The van der Waals surface area contributed by atoms with Crippen LogP contribution in [0.2, 0.25) is 0 Å². The molecule has 0 spiro atoms. The molecule has 0 aromatic carbocycles. The van der Waals surface area contributed by atoms with Gasteiger partial charge in [-0.3, -0.25) is 4.79 Å². The van der Waals surface area contributed by atoms with Crippen LogP contribution >= 0.6 is 0 Å². The molecule has 3 aliphatic rings. The van der Waals surface area contributed by atoms with E-state index in [1.54, 1.807) is 6.08 Å². The average molecular weight is 1400 g/mol. The molecule has 0 aliphatic carbocycles. The predicted molar refractivity (Wildman–Crippen MR) is 392 cm³/mol. The molecule has 19 nitrogen and oxygen atoms in total. The van der Waals surface area contributed by atoms with E-state index in [1.165, 1.54) is 173 Å². The fourth-order valence-electron chi connectivity index (χ4n) is 12.9. The molecule has 99 heavy (non-hydrogen) atoms. The Hall–Kier alpha value is -3.03. The van der Waals surface area contributed by atoms with Crippen molar-refractivity contribution < 1.29 is 89.4 Å². The number of hydrogen-bond donors (Lipinski definition) is 12. The maximum atomic E-state index is 13.5. The van der Waals surface area contributed by atoms with Crippen LogP contribution in [0.25, 0.3) is 0 Å². The Balaban J connectivity index is 1.41. The van der Waals surface area contributed by atoms with Crippen molar-refractivity contribution in [3.63, 3.8) is 0 Å². The number of aliphatic hydroxyl groups is 11. The van der Waals surface area contributed by atoms with Gasteiger partial charge in [0, 0.05) is 6.42 Å². The zero-order valence-electron chi connectivity index (χ0n) is 61.2. The van der Waals surface area contributed by atoms with Crippen LogP contribution in [0.1, 0.15) is 284 Å². The van der Waals surface area contributed by atoms with Gasteiger partial charge < -0.3 is 89.9 Å². The van der Waals surface area contributed by atoms with Gasteiger partial charge in [-0.05, 0) is 83.5 Å². The molecule has 3 aliphatic heterocycles. The molecule has 3 saturated heterocycles. The Morgan fingerprint density at radius 2 is 0.707 bits per heavy atom. The number of ether oxygens (including phenoxy) is 6. The molecule has 3 fully saturated rings. The van der Waals surface area contributed by atoms with Gasteiger partial charge in [0.15, 0.2) is 18.9 Å². The largest absolute Gasteiger partial charge is 0.394 e. The van der Waals surface area contributed by atoms with E-state index in [4.69, 9.17) is 28.4 Å². The molecule has 574 valence electrons. The highest BCUT2D eigenvalue weighted by atomic mass is 16.8. The van der Waals surface area contributed by atoms with Gasteiger partial charge >= 0.3 is 0 Å². The van der Waals surface area contributed by atoms with Crippen LogP contribution in [0.3, 0.4) is 0 Å². The van der Waals surface area contributed by atoms with Gasteiger partial charge in [-0.15, -0.1) is 0 Å². The Morgan fingerprint density at radius 3 is 1.13 bits per heavy atom. The van der Waals surface area contributed by atoms with Crippen LogP contribution in [-0.2, 0) is 33.2 Å². The summed E-state index contributed by atoms with van der Waals surface area (Å²) < 4.78 is 34.4. The van der Waals surface area contributed by atoms with Crippen LogP contribution in [0.5, 0.6) is 0 Å². The molecule has 17 atom stereocenters. The van der Waals surface area contributed by atoms with E-state index in [9.17, 15) is 61.0 Å². The van der Waals surface area contributed by atoms with Crippen molar-refractivity contribution in [2.24, 2.45) is 0 Å². The Kier molecular flexibility index (Phi) is 54.9. The van der Waals surface area contributed by atoms with Gasteiger partial charge in [0.05, 0.1) is 38.6 Å². The van der Waals surface area contributed by atoms with Crippen molar-refractivity contribution in [3.05, 3.63) is 85.1 Å². The minimum atomic E-state index is -1.99. The number of amides is 1. The minimum absolute atomic E-state index is 0.228. The number of carbonyl (C=O) groups is 1. The third-order valence-corrected chi connectivity index (χ3v) is 19.2. The van der Waals surface area contributed by atoms with Crippen molar-refractivity contribution in [2.45, 2.75) is 388 Å². The monoisotopic (exact) mass is 1400 g/mol. The van der Waals surface area contributed by atoms with Crippen molar-refractivity contribution >= 4 is 5.91 Å². The Labute approximate surface area is 597 Å². The normalized spacial score (nSPS) is 27.1. The van der Waals surface area contributed by atoms with Gasteiger partial charge in [0.2, 0.25) is 5.91 Å². The van der Waals surface area contributed by atoms with E-state index >= 15 is 0 Å². The first-order valence-electron chi connectivity index (χ1n) is 39.3.